The summed E-state index contributed by atoms with van der Waals surface area (Å²) in [5, 5.41) is 8.38. The fraction of sp³-hybridized carbons (Fsp3) is 0.150. The van der Waals surface area contributed by atoms with Gasteiger partial charge in [0.1, 0.15) is 5.75 Å². The Bertz CT molecular complexity index is 1100. The van der Waals surface area contributed by atoms with Crippen molar-refractivity contribution in [1.29, 1.82) is 0 Å². The lowest BCUT2D eigenvalue weighted by Gasteiger charge is -2.08. The Morgan fingerprint density at radius 2 is 1.97 bits per heavy atom. The van der Waals surface area contributed by atoms with Gasteiger partial charge in [-0.2, -0.15) is 10.1 Å². The predicted molar refractivity (Wildman–Crippen MR) is 96.8 cm³/mol. The Labute approximate surface area is 163 Å². The Morgan fingerprint density at radius 1 is 1.17 bits per heavy atom. The van der Waals surface area contributed by atoms with Gasteiger partial charge in [0.25, 0.3) is 5.89 Å². The van der Waals surface area contributed by atoms with Gasteiger partial charge in [-0.25, -0.2) is 0 Å². The zero-order valence-corrected chi connectivity index (χ0v) is 15.1. The molecule has 0 unspecified atom stereocenters. The van der Waals surface area contributed by atoms with E-state index in [2.05, 4.69) is 26.0 Å². The maximum atomic E-state index is 12.3. The van der Waals surface area contributed by atoms with Crippen LogP contribution in [0.4, 0.5) is 13.2 Å². The van der Waals surface area contributed by atoms with E-state index < -0.39 is 6.36 Å². The average molecular weight is 399 g/mol. The van der Waals surface area contributed by atoms with Gasteiger partial charge in [0.15, 0.2) is 5.69 Å². The second-order valence-electron chi connectivity index (χ2n) is 6.24. The summed E-state index contributed by atoms with van der Waals surface area (Å²) in [7, 11) is 0. The van der Waals surface area contributed by atoms with Gasteiger partial charge in [-0.05, 0) is 55.0 Å². The third kappa shape index (κ3) is 4.45. The molecule has 1 radical (unpaired) electrons. The van der Waals surface area contributed by atoms with Gasteiger partial charge in [-0.1, -0.05) is 23.4 Å². The van der Waals surface area contributed by atoms with E-state index in [0.717, 1.165) is 11.3 Å². The molecule has 0 bridgehead atoms. The lowest BCUT2D eigenvalue weighted by Crippen LogP contribution is -2.16. The molecular formula is C20H14F3N4O2. The molecule has 2 heterocycles. The summed E-state index contributed by atoms with van der Waals surface area (Å²) in [6.07, 6.45) is -4.74. The van der Waals surface area contributed by atoms with Crippen molar-refractivity contribution < 1.29 is 22.4 Å². The van der Waals surface area contributed by atoms with Crippen molar-refractivity contribution in [1.82, 2.24) is 19.9 Å². The van der Waals surface area contributed by atoms with Crippen molar-refractivity contribution in [2.45, 2.75) is 19.8 Å². The number of benzene rings is 2. The molecule has 4 aromatic rings. The Kier molecular flexibility index (Phi) is 4.79. The number of halogens is 3. The second-order valence-corrected chi connectivity index (χ2v) is 6.24. The largest absolute Gasteiger partial charge is 0.573 e. The van der Waals surface area contributed by atoms with E-state index in [9.17, 15) is 13.2 Å². The molecule has 4 rings (SSSR count). The first-order valence-corrected chi connectivity index (χ1v) is 8.57. The Morgan fingerprint density at radius 3 is 2.66 bits per heavy atom. The summed E-state index contributed by atoms with van der Waals surface area (Å²) in [6, 6.07) is 17.7. The summed E-state index contributed by atoms with van der Waals surface area (Å²) < 4.78 is 47.7. The fourth-order valence-corrected chi connectivity index (χ4v) is 2.73. The van der Waals surface area contributed by atoms with Crippen molar-refractivity contribution >= 4 is 0 Å². The average Bonchev–Trinajstić information content (AvgIpc) is 3.30. The SMILES string of the molecule is Cc1cc(-c2nc(-c3ccc(OC(F)(F)F)cc3)no2)nn1Cc1c[c]ccc1. The molecule has 0 fully saturated rings. The number of aryl methyl sites for hydroxylation is 1. The number of hydrogen-bond donors (Lipinski definition) is 0. The summed E-state index contributed by atoms with van der Waals surface area (Å²) in [5.74, 6) is 0.137. The Balaban J connectivity index is 1.53. The van der Waals surface area contributed by atoms with Crippen LogP contribution in [0.1, 0.15) is 11.3 Å². The normalized spacial score (nSPS) is 11.6. The Hall–Kier alpha value is -3.62. The van der Waals surface area contributed by atoms with Gasteiger partial charge in [-0.15, -0.1) is 13.2 Å². The molecule has 0 N–H and O–H groups in total. The van der Waals surface area contributed by atoms with E-state index in [1.165, 1.54) is 24.3 Å². The van der Waals surface area contributed by atoms with Crippen LogP contribution in [0.2, 0.25) is 0 Å². The minimum absolute atomic E-state index is 0.220. The third-order valence-electron chi connectivity index (χ3n) is 4.08. The summed E-state index contributed by atoms with van der Waals surface area (Å²) in [6.45, 7) is 2.49. The van der Waals surface area contributed by atoms with Crippen molar-refractivity contribution in [2.24, 2.45) is 0 Å². The lowest BCUT2D eigenvalue weighted by molar-refractivity contribution is -0.274. The molecule has 0 aliphatic carbocycles. The predicted octanol–water partition coefficient (Wildman–Crippen LogP) is 4.66. The topological polar surface area (TPSA) is 66.0 Å². The van der Waals surface area contributed by atoms with Crippen molar-refractivity contribution in [3.8, 4) is 28.7 Å². The van der Waals surface area contributed by atoms with Gasteiger partial charge in [-0.3, -0.25) is 4.68 Å². The molecule has 2 aromatic heterocycles. The van der Waals surface area contributed by atoms with Crippen LogP contribution < -0.4 is 4.74 Å². The zero-order chi connectivity index (χ0) is 20.4. The minimum Gasteiger partial charge on any atom is -0.406 e. The number of aromatic nitrogens is 4. The van der Waals surface area contributed by atoms with E-state index in [-0.39, 0.29) is 17.5 Å². The molecule has 0 aliphatic heterocycles. The summed E-state index contributed by atoms with van der Waals surface area (Å²) in [5.41, 5.74) is 2.97. The quantitative estimate of drug-likeness (QED) is 0.489. The van der Waals surface area contributed by atoms with Gasteiger partial charge >= 0.3 is 6.36 Å². The van der Waals surface area contributed by atoms with E-state index in [1.54, 1.807) is 0 Å². The smallest absolute Gasteiger partial charge is 0.406 e. The second kappa shape index (κ2) is 7.42. The van der Waals surface area contributed by atoms with Gasteiger partial charge < -0.3 is 9.26 Å². The summed E-state index contributed by atoms with van der Waals surface area (Å²) in [4.78, 5) is 4.29. The van der Waals surface area contributed by atoms with E-state index in [0.29, 0.717) is 17.8 Å². The highest BCUT2D eigenvalue weighted by Gasteiger charge is 2.31. The molecule has 0 saturated heterocycles. The zero-order valence-electron chi connectivity index (χ0n) is 15.1. The lowest BCUT2D eigenvalue weighted by atomic mass is 10.2. The number of rotatable bonds is 5. The van der Waals surface area contributed by atoms with Crippen molar-refractivity contribution in [2.75, 3.05) is 0 Å². The van der Waals surface area contributed by atoms with Crippen LogP contribution in [-0.2, 0) is 6.54 Å². The number of hydrogen-bond acceptors (Lipinski definition) is 5. The van der Waals surface area contributed by atoms with Gasteiger partial charge in [0.05, 0.1) is 6.54 Å². The van der Waals surface area contributed by atoms with Crippen LogP contribution in [0.3, 0.4) is 0 Å². The highest BCUT2D eigenvalue weighted by atomic mass is 19.4. The van der Waals surface area contributed by atoms with Crippen LogP contribution in [0.5, 0.6) is 5.75 Å². The van der Waals surface area contributed by atoms with Crippen molar-refractivity contribution in [3.63, 3.8) is 0 Å². The first kappa shape index (κ1) is 18.7. The molecular weight excluding hydrogens is 385 g/mol. The molecule has 0 saturated carbocycles. The molecule has 0 amide bonds. The molecule has 6 nitrogen and oxygen atoms in total. The molecule has 0 atom stereocenters. The summed E-state index contributed by atoms with van der Waals surface area (Å²) >= 11 is 0. The number of ether oxygens (including phenoxy) is 1. The molecule has 9 heteroatoms. The third-order valence-corrected chi connectivity index (χ3v) is 4.08. The van der Waals surface area contributed by atoms with Crippen LogP contribution in [0.25, 0.3) is 23.0 Å². The van der Waals surface area contributed by atoms with Gasteiger partial charge in [0, 0.05) is 11.3 Å². The highest BCUT2D eigenvalue weighted by molar-refractivity contribution is 5.58. The van der Waals surface area contributed by atoms with Crippen LogP contribution >= 0.6 is 0 Å². The standard InChI is InChI=1S/C20H14F3N4O2/c1-13-11-17(25-27(13)12-14-5-3-2-4-6-14)19-24-18(26-29-19)15-7-9-16(10-8-15)28-20(21,22)23/h2-3,5-11H,12H2,1H3. The van der Waals surface area contributed by atoms with E-state index in [1.807, 2.05) is 41.9 Å². The first-order valence-electron chi connectivity index (χ1n) is 8.57. The number of nitrogens with zero attached hydrogens (tertiary/aromatic N) is 4. The number of alkyl halides is 3. The molecule has 2 aromatic carbocycles. The highest BCUT2D eigenvalue weighted by Crippen LogP contribution is 2.27. The van der Waals surface area contributed by atoms with Gasteiger partial charge in [0.2, 0.25) is 5.82 Å². The van der Waals surface area contributed by atoms with Crippen LogP contribution in [0, 0.1) is 13.0 Å². The van der Waals surface area contributed by atoms with Crippen LogP contribution in [-0.4, -0.2) is 26.3 Å². The molecule has 29 heavy (non-hydrogen) atoms. The monoisotopic (exact) mass is 399 g/mol. The van der Waals surface area contributed by atoms with Crippen LogP contribution in [0.15, 0.2) is 59.1 Å². The molecule has 147 valence electrons. The molecule has 0 aliphatic rings. The van der Waals surface area contributed by atoms with Crippen molar-refractivity contribution in [3.05, 3.63) is 71.9 Å². The minimum atomic E-state index is -4.74. The van der Waals surface area contributed by atoms with E-state index in [4.69, 9.17) is 4.52 Å². The van der Waals surface area contributed by atoms with E-state index >= 15 is 0 Å². The maximum absolute atomic E-state index is 12.3. The first-order chi connectivity index (χ1) is 13.9. The maximum Gasteiger partial charge on any atom is 0.573 e. The molecule has 0 spiro atoms. The fourth-order valence-electron chi connectivity index (χ4n) is 2.73.